The minimum Gasteiger partial charge on any atom is -0.351 e. The highest BCUT2D eigenvalue weighted by atomic mass is 32.1. The monoisotopic (exact) mass is 415 g/mol. The highest BCUT2D eigenvalue weighted by Crippen LogP contribution is 2.30. The van der Waals surface area contributed by atoms with Crippen molar-refractivity contribution in [1.29, 1.82) is 0 Å². The van der Waals surface area contributed by atoms with E-state index in [1.807, 2.05) is 53.1 Å². The topological polar surface area (TPSA) is 63.1 Å². The molecule has 1 aliphatic rings. The van der Waals surface area contributed by atoms with E-state index < -0.39 is 0 Å². The van der Waals surface area contributed by atoms with Gasteiger partial charge in [0, 0.05) is 45.0 Å². The molecule has 2 aromatic heterocycles. The molecule has 0 spiro atoms. The van der Waals surface area contributed by atoms with Gasteiger partial charge in [-0.05, 0) is 61.4 Å². The molecule has 4 aromatic rings. The number of hydrogen-bond donors (Lipinski definition) is 2. The molecule has 150 valence electrons. The number of nitrogens with one attached hydrogen (secondary N) is 2. The van der Waals surface area contributed by atoms with Crippen molar-refractivity contribution < 1.29 is 9.59 Å². The first-order chi connectivity index (χ1) is 14.6. The van der Waals surface area contributed by atoms with Crippen LogP contribution < -0.4 is 10.6 Å². The summed E-state index contributed by atoms with van der Waals surface area (Å²) < 4.78 is 2.01. The van der Waals surface area contributed by atoms with E-state index in [9.17, 15) is 9.59 Å². The van der Waals surface area contributed by atoms with Crippen LogP contribution in [0.2, 0.25) is 0 Å². The van der Waals surface area contributed by atoms with Crippen molar-refractivity contribution in [1.82, 2.24) is 9.88 Å². The van der Waals surface area contributed by atoms with E-state index in [0.717, 1.165) is 35.1 Å². The van der Waals surface area contributed by atoms with E-state index in [2.05, 4.69) is 29.7 Å². The molecule has 0 aliphatic carbocycles. The zero-order valence-electron chi connectivity index (χ0n) is 16.6. The van der Waals surface area contributed by atoms with Gasteiger partial charge in [0.25, 0.3) is 11.8 Å². The Labute approximate surface area is 178 Å². The van der Waals surface area contributed by atoms with E-state index in [0.29, 0.717) is 17.8 Å². The van der Waals surface area contributed by atoms with Crippen LogP contribution in [0.4, 0.5) is 5.69 Å². The average molecular weight is 416 g/mol. The summed E-state index contributed by atoms with van der Waals surface area (Å²) in [6, 6.07) is 19.6. The van der Waals surface area contributed by atoms with Gasteiger partial charge in [-0.15, -0.1) is 11.3 Å². The molecule has 5 rings (SSSR count). The van der Waals surface area contributed by atoms with Crippen LogP contribution in [0.5, 0.6) is 0 Å². The molecule has 0 saturated carbocycles. The number of amides is 2. The quantitative estimate of drug-likeness (QED) is 0.491. The van der Waals surface area contributed by atoms with E-state index in [-0.39, 0.29) is 11.8 Å². The van der Waals surface area contributed by atoms with Crippen LogP contribution in [-0.4, -0.2) is 22.9 Å². The molecule has 2 N–H and O–H groups in total. The first-order valence-electron chi connectivity index (χ1n) is 9.98. The second-order valence-corrected chi connectivity index (χ2v) is 8.80. The van der Waals surface area contributed by atoms with Gasteiger partial charge in [-0.2, -0.15) is 0 Å². The average Bonchev–Trinajstić information content (AvgIpc) is 3.29. The number of aromatic nitrogens is 1. The number of fused-ring (bicyclic) bond motifs is 3. The van der Waals surface area contributed by atoms with Gasteiger partial charge in [-0.3, -0.25) is 9.59 Å². The number of anilines is 1. The fourth-order valence-corrected chi connectivity index (χ4v) is 4.76. The summed E-state index contributed by atoms with van der Waals surface area (Å²) in [4.78, 5) is 27.6. The minimum atomic E-state index is -0.162. The molecule has 5 nitrogen and oxygen atoms in total. The van der Waals surface area contributed by atoms with Crippen LogP contribution in [0, 0.1) is 6.92 Å². The smallest absolute Gasteiger partial charge is 0.267 e. The Bertz CT molecular complexity index is 1280. The zero-order valence-corrected chi connectivity index (χ0v) is 17.4. The molecular formula is C24H21N3O2S. The van der Waals surface area contributed by atoms with Crippen molar-refractivity contribution in [3.05, 3.63) is 76.8 Å². The maximum absolute atomic E-state index is 12.9. The normalized spacial score (nSPS) is 13.6. The SMILES string of the molecule is Cc1ccc(-c2cccc(NC(=O)c3ccc4cc5n(c4c3)CCCNC5=O)c2)s1. The van der Waals surface area contributed by atoms with Crippen molar-refractivity contribution >= 4 is 39.7 Å². The minimum absolute atomic E-state index is 0.0599. The van der Waals surface area contributed by atoms with Crippen molar-refractivity contribution in [3.8, 4) is 10.4 Å². The number of rotatable bonds is 3. The van der Waals surface area contributed by atoms with Crippen LogP contribution in [0.15, 0.2) is 60.7 Å². The molecule has 2 amide bonds. The van der Waals surface area contributed by atoms with Gasteiger partial charge < -0.3 is 15.2 Å². The lowest BCUT2D eigenvalue weighted by molar-refractivity contribution is 0.0950. The molecule has 0 radical (unpaired) electrons. The van der Waals surface area contributed by atoms with Crippen LogP contribution in [0.3, 0.4) is 0 Å². The Hall–Kier alpha value is -3.38. The second-order valence-electron chi connectivity index (χ2n) is 7.51. The second kappa shape index (κ2) is 7.46. The molecular weight excluding hydrogens is 394 g/mol. The number of thiophene rings is 1. The van der Waals surface area contributed by atoms with Gasteiger partial charge in [-0.25, -0.2) is 0 Å². The third kappa shape index (κ3) is 3.39. The lowest BCUT2D eigenvalue weighted by Crippen LogP contribution is -2.22. The Kier molecular flexibility index (Phi) is 4.64. The summed E-state index contributed by atoms with van der Waals surface area (Å²) in [5.41, 5.74) is 3.99. The number of nitrogens with zero attached hydrogens (tertiary/aromatic N) is 1. The van der Waals surface area contributed by atoms with Crippen LogP contribution >= 0.6 is 11.3 Å². The summed E-state index contributed by atoms with van der Waals surface area (Å²) in [6.07, 6.45) is 0.869. The maximum atomic E-state index is 12.9. The largest absolute Gasteiger partial charge is 0.351 e. The van der Waals surface area contributed by atoms with Crippen molar-refractivity contribution in [2.24, 2.45) is 0 Å². The van der Waals surface area contributed by atoms with Gasteiger partial charge in [0.05, 0.1) is 0 Å². The van der Waals surface area contributed by atoms with Crippen molar-refractivity contribution in [2.75, 3.05) is 11.9 Å². The molecule has 0 unspecified atom stereocenters. The summed E-state index contributed by atoms with van der Waals surface area (Å²) in [5, 5.41) is 6.89. The van der Waals surface area contributed by atoms with Gasteiger partial charge in [0.1, 0.15) is 5.69 Å². The lowest BCUT2D eigenvalue weighted by atomic mass is 10.1. The van der Waals surface area contributed by atoms with E-state index in [1.54, 1.807) is 11.3 Å². The molecule has 0 saturated heterocycles. The highest BCUT2D eigenvalue weighted by molar-refractivity contribution is 7.15. The summed E-state index contributed by atoms with van der Waals surface area (Å²) >= 11 is 1.73. The Morgan fingerprint density at radius 3 is 2.83 bits per heavy atom. The maximum Gasteiger partial charge on any atom is 0.267 e. The Morgan fingerprint density at radius 1 is 1.10 bits per heavy atom. The molecule has 6 heteroatoms. The van der Waals surface area contributed by atoms with E-state index in [4.69, 9.17) is 0 Å². The molecule has 0 fully saturated rings. The van der Waals surface area contributed by atoms with Gasteiger partial charge in [-0.1, -0.05) is 18.2 Å². The van der Waals surface area contributed by atoms with Crippen LogP contribution in [-0.2, 0) is 6.54 Å². The third-order valence-electron chi connectivity index (χ3n) is 5.39. The van der Waals surface area contributed by atoms with Crippen LogP contribution in [0.25, 0.3) is 21.3 Å². The summed E-state index contributed by atoms with van der Waals surface area (Å²) in [5.74, 6) is -0.222. The number of benzene rings is 2. The summed E-state index contributed by atoms with van der Waals surface area (Å²) in [6.45, 7) is 3.51. The van der Waals surface area contributed by atoms with Crippen molar-refractivity contribution in [3.63, 3.8) is 0 Å². The van der Waals surface area contributed by atoms with Gasteiger partial charge >= 0.3 is 0 Å². The fourth-order valence-electron chi connectivity index (χ4n) is 3.90. The standard InChI is InChI=1S/C24H21N3O2S/c1-15-6-9-22(30-15)17-4-2-5-19(12-17)26-23(28)18-8-7-16-13-21-24(29)25-10-3-11-27(21)20(16)14-18/h2,4-9,12-14H,3,10-11H2,1H3,(H,25,29)(H,26,28). The van der Waals surface area contributed by atoms with Crippen LogP contribution in [0.1, 0.15) is 32.1 Å². The number of hydrogen-bond acceptors (Lipinski definition) is 3. The Morgan fingerprint density at radius 2 is 2.00 bits per heavy atom. The predicted molar refractivity (Wildman–Crippen MR) is 121 cm³/mol. The number of carbonyl (C=O) groups is 2. The molecule has 30 heavy (non-hydrogen) atoms. The summed E-state index contributed by atoms with van der Waals surface area (Å²) in [7, 11) is 0. The molecule has 1 aliphatic heterocycles. The number of aryl methyl sites for hydroxylation is 2. The number of carbonyl (C=O) groups excluding carboxylic acids is 2. The predicted octanol–water partition coefficient (Wildman–Crippen LogP) is 5.06. The lowest BCUT2D eigenvalue weighted by Gasteiger charge is -2.09. The van der Waals surface area contributed by atoms with Gasteiger partial charge in [0.2, 0.25) is 0 Å². The fraction of sp³-hybridized carbons (Fsp3) is 0.167. The zero-order chi connectivity index (χ0) is 20.7. The first kappa shape index (κ1) is 18.6. The van der Waals surface area contributed by atoms with Crippen molar-refractivity contribution in [2.45, 2.75) is 19.9 Å². The van der Waals surface area contributed by atoms with Gasteiger partial charge in [0.15, 0.2) is 0 Å². The Balaban J connectivity index is 1.44. The first-order valence-corrected chi connectivity index (χ1v) is 10.8. The molecule has 2 aromatic carbocycles. The van der Waals surface area contributed by atoms with E-state index in [1.165, 1.54) is 9.75 Å². The molecule has 3 heterocycles. The highest BCUT2D eigenvalue weighted by Gasteiger charge is 2.19. The molecule has 0 atom stereocenters. The van der Waals surface area contributed by atoms with E-state index >= 15 is 0 Å². The molecule has 0 bridgehead atoms. The third-order valence-corrected chi connectivity index (χ3v) is 6.44.